The molecular weight excluding hydrogens is 410 g/mol. The lowest BCUT2D eigenvalue weighted by atomic mass is 10.0. The van der Waals surface area contributed by atoms with Crippen LogP contribution in [0.4, 0.5) is 5.69 Å². The van der Waals surface area contributed by atoms with E-state index in [2.05, 4.69) is 5.32 Å². The molecule has 8 heteroatoms. The van der Waals surface area contributed by atoms with Gasteiger partial charge in [0.15, 0.2) is 0 Å². The van der Waals surface area contributed by atoms with Gasteiger partial charge in [-0.15, -0.1) is 0 Å². The second-order valence-electron chi connectivity index (χ2n) is 8.97. The van der Waals surface area contributed by atoms with Crippen LogP contribution in [0.5, 0.6) is 5.75 Å². The number of hydrogen-bond acceptors (Lipinski definition) is 5. The average molecular weight is 446 g/mol. The molecule has 1 heterocycles. The van der Waals surface area contributed by atoms with E-state index in [1.165, 1.54) is 0 Å². The molecule has 1 aromatic rings. The van der Waals surface area contributed by atoms with Crippen LogP contribution in [0.2, 0.25) is 0 Å². The molecular formula is C24H35N3O5. The van der Waals surface area contributed by atoms with Crippen LogP contribution < -0.4 is 10.1 Å². The number of carbonyl (C=O) groups is 3. The number of carbonyl (C=O) groups excluding carboxylic acids is 3. The summed E-state index contributed by atoms with van der Waals surface area (Å²) in [6.45, 7) is 6.98. The number of benzene rings is 1. The van der Waals surface area contributed by atoms with E-state index in [-0.39, 0.29) is 48.3 Å². The minimum absolute atomic E-state index is 0.0181. The van der Waals surface area contributed by atoms with Crippen molar-refractivity contribution >= 4 is 23.4 Å². The van der Waals surface area contributed by atoms with Gasteiger partial charge in [0, 0.05) is 51.2 Å². The third kappa shape index (κ3) is 5.59. The summed E-state index contributed by atoms with van der Waals surface area (Å²) in [7, 11) is 3.35. The van der Waals surface area contributed by atoms with Gasteiger partial charge in [-0.05, 0) is 38.0 Å². The van der Waals surface area contributed by atoms with Crippen molar-refractivity contribution in [2.45, 2.75) is 52.2 Å². The SMILES string of the molecule is CCC(=O)N1C[C@@H](C)[C@@H](OC)CN(C)C(=O)c2cc(NC(=O)C3CC3)ccc2OC[C@@H]1C. The fourth-order valence-electron chi connectivity index (χ4n) is 3.99. The highest BCUT2D eigenvalue weighted by Crippen LogP contribution is 2.31. The smallest absolute Gasteiger partial charge is 0.257 e. The Kier molecular flexibility index (Phi) is 7.77. The highest BCUT2D eigenvalue weighted by molar-refractivity contribution is 6.00. The van der Waals surface area contributed by atoms with Gasteiger partial charge in [0.25, 0.3) is 5.91 Å². The molecule has 1 N–H and O–H groups in total. The first kappa shape index (κ1) is 24.0. The first-order valence-electron chi connectivity index (χ1n) is 11.4. The predicted molar refractivity (Wildman–Crippen MR) is 122 cm³/mol. The number of rotatable bonds is 4. The quantitative estimate of drug-likeness (QED) is 0.770. The first-order chi connectivity index (χ1) is 15.2. The standard InChI is InChI=1S/C24H35N3O5/c1-6-22(28)27-12-15(2)21(31-5)13-26(4)24(30)19-11-18(25-23(29)17-7-8-17)9-10-20(19)32-14-16(27)3/h9-11,15-17,21H,6-8,12-14H2,1-5H3,(H,25,29)/t15-,16+,21+/m1/s1. The summed E-state index contributed by atoms with van der Waals surface area (Å²) in [5.41, 5.74) is 0.954. The zero-order chi connectivity index (χ0) is 23.4. The maximum Gasteiger partial charge on any atom is 0.257 e. The lowest BCUT2D eigenvalue weighted by molar-refractivity contribution is -0.135. The van der Waals surface area contributed by atoms with Crippen LogP contribution in [0.1, 0.15) is 50.4 Å². The predicted octanol–water partition coefficient (Wildman–Crippen LogP) is 2.78. The van der Waals surface area contributed by atoms with Crippen molar-refractivity contribution in [1.29, 1.82) is 0 Å². The van der Waals surface area contributed by atoms with Crippen molar-refractivity contribution in [2.24, 2.45) is 11.8 Å². The summed E-state index contributed by atoms with van der Waals surface area (Å²) in [6, 6.07) is 4.96. The molecule has 1 saturated carbocycles. The molecule has 32 heavy (non-hydrogen) atoms. The molecule has 0 saturated heterocycles. The molecule has 0 spiro atoms. The highest BCUT2D eigenvalue weighted by Gasteiger charge is 2.31. The minimum Gasteiger partial charge on any atom is -0.491 e. The van der Waals surface area contributed by atoms with Crippen LogP contribution >= 0.6 is 0 Å². The molecule has 1 fully saturated rings. The van der Waals surface area contributed by atoms with Gasteiger partial charge in [0.2, 0.25) is 11.8 Å². The van der Waals surface area contributed by atoms with E-state index in [9.17, 15) is 14.4 Å². The molecule has 1 aliphatic heterocycles. The van der Waals surface area contributed by atoms with Gasteiger partial charge in [-0.2, -0.15) is 0 Å². The lowest BCUT2D eigenvalue weighted by Crippen LogP contribution is -2.48. The van der Waals surface area contributed by atoms with Gasteiger partial charge in [-0.1, -0.05) is 13.8 Å². The molecule has 176 valence electrons. The Morgan fingerprint density at radius 2 is 1.94 bits per heavy atom. The van der Waals surface area contributed by atoms with E-state index < -0.39 is 0 Å². The second-order valence-corrected chi connectivity index (χ2v) is 8.97. The molecule has 3 atom stereocenters. The van der Waals surface area contributed by atoms with Crippen LogP contribution in [0.15, 0.2) is 18.2 Å². The van der Waals surface area contributed by atoms with Crippen LogP contribution in [0, 0.1) is 11.8 Å². The Morgan fingerprint density at radius 1 is 1.22 bits per heavy atom. The van der Waals surface area contributed by atoms with Crippen molar-refractivity contribution < 1.29 is 23.9 Å². The van der Waals surface area contributed by atoms with Gasteiger partial charge < -0.3 is 24.6 Å². The van der Waals surface area contributed by atoms with E-state index in [1.807, 2.05) is 25.7 Å². The molecule has 0 radical (unpaired) electrons. The minimum atomic E-state index is -0.232. The maximum atomic E-state index is 13.3. The number of ether oxygens (including phenoxy) is 2. The molecule has 0 bridgehead atoms. The van der Waals surface area contributed by atoms with E-state index in [0.29, 0.717) is 36.5 Å². The van der Waals surface area contributed by atoms with Gasteiger partial charge in [-0.25, -0.2) is 0 Å². The van der Waals surface area contributed by atoms with E-state index in [1.54, 1.807) is 37.3 Å². The van der Waals surface area contributed by atoms with Crippen LogP contribution in [0.25, 0.3) is 0 Å². The molecule has 1 aliphatic carbocycles. The molecule has 1 aromatic carbocycles. The molecule has 8 nitrogen and oxygen atoms in total. The molecule has 0 aromatic heterocycles. The third-order valence-corrected chi connectivity index (χ3v) is 6.28. The number of nitrogens with zero attached hydrogens (tertiary/aromatic N) is 2. The van der Waals surface area contributed by atoms with Crippen molar-refractivity contribution in [3.05, 3.63) is 23.8 Å². The topological polar surface area (TPSA) is 88.2 Å². The fraction of sp³-hybridized carbons (Fsp3) is 0.625. The van der Waals surface area contributed by atoms with E-state index in [0.717, 1.165) is 12.8 Å². The number of hydrogen-bond donors (Lipinski definition) is 1. The largest absolute Gasteiger partial charge is 0.491 e. The van der Waals surface area contributed by atoms with Crippen molar-refractivity contribution in [1.82, 2.24) is 9.80 Å². The van der Waals surface area contributed by atoms with Gasteiger partial charge in [0.1, 0.15) is 12.4 Å². The van der Waals surface area contributed by atoms with Crippen LogP contribution in [-0.2, 0) is 14.3 Å². The number of methoxy groups -OCH3 is 1. The van der Waals surface area contributed by atoms with Crippen LogP contribution in [-0.4, -0.2) is 73.5 Å². The molecule has 3 rings (SSSR count). The number of likely N-dealkylation sites (N-methyl/N-ethyl adjacent to an activating group) is 1. The average Bonchev–Trinajstić information content (AvgIpc) is 3.63. The van der Waals surface area contributed by atoms with Crippen LogP contribution in [0.3, 0.4) is 0 Å². The monoisotopic (exact) mass is 445 g/mol. The Morgan fingerprint density at radius 3 is 2.56 bits per heavy atom. The summed E-state index contributed by atoms with van der Waals surface area (Å²) in [4.78, 5) is 41.6. The Balaban J connectivity index is 1.93. The Bertz CT molecular complexity index is 854. The maximum absolute atomic E-state index is 13.3. The summed E-state index contributed by atoms with van der Waals surface area (Å²) in [5, 5.41) is 2.90. The molecule has 2 aliphatic rings. The van der Waals surface area contributed by atoms with E-state index in [4.69, 9.17) is 9.47 Å². The van der Waals surface area contributed by atoms with Gasteiger partial charge >= 0.3 is 0 Å². The first-order valence-corrected chi connectivity index (χ1v) is 11.4. The Hall–Kier alpha value is -2.61. The second kappa shape index (κ2) is 10.3. The normalized spacial score (nSPS) is 24.7. The highest BCUT2D eigenvalue weighted by atomic mass is 16.5. The summed E-state index contributed by atoms with van der Waals surface area (Å²) in [6.07, 6.45) is 1.99. The Labute approximate surface area is 190 Å². The number of amides is 3. The lowest BCUT2D eigenvalue weighted by Gasteiger charge is -2.36. The van der Waals surface area contributed by atoms with Gasteiger partial charge in [0.05, 0.1) is 17.7 Å². The molecule has 0 unspecified atom stereocenters. The van der Waals surface area contributed by atoms with E-state index >= 15 is 0 Å². The zero-order valence-corrected chi connectivity index (χ0v) is 19.7. The number of nitrogens with one attached hydrogen (secondary N) is 1. The summed E-state index contributed by atoms with van der Waals surface area (Å²) < 4.78 is 11.7. The molecule has 3 amide bonds. The zero-order valence-electron chi connectivity index (χ0n) is 19.7. The number of fused-ring (bicyclic) bond motifs is 1. The van der Waals surface area contributed by atoms with Crippen molar-refractivity contribution in [2.75, 3.05) is 39.2 Å². The fourth-order valence-corrected chi connectivity index (χ4v) is 3.99. The third-order valence-electron chi connectivity index (χ3n) is 6.28. The summed E-state index contributed by atoms with van der Waals surface area (Å²) in [5.74, 6) is 0.364. The van der Waals surface area contributed by atoms with Crippen molar-refractivity contribution in [3.8, 4) is 5.75 Å². The van der Waals surface area contributed by atoms with Crippen molar-refractivity contribution in [3.63, 3.8) is 0 Å². The number of anilines is 1. The summed E-state index contributed by atoms with van der Waals surface area (Å²) >= 11 is 0. The van der Waals surface area contributed by atoms with Gasteiger partial charge in [-0.3, -0.25) is 14.4 Å².